The number of aliphatic hydroxyl groups excluding tert-OH is 1. The van der Waals surface area contributed by atoms with Gasteiger partial charge in [0.2, 0.25) is 5.91 Å². The topological polar surface area (TPSA) is 95.4 Å². The molecular formula is C13H19N3O4. The Morgan fingerprint density at radius 3 is 2.70 bits per heavy atom. The number of carbonyl (C=O) groups excluding carboxylic acids is 1. The highest BCUT2D eigenvalue weighted by Crippen LogP contribution is 2.23. The predicted molar refractivity (Wildman–Crippen MR) is 72.4 cm³/mol. The lowest BCUT2D eigenvalue weighted by Crippen LogP contribution is -2.44. The minimum atomic E-state index is -0.424. The van der Waals surface area contributed by atoms with Crippen LogP contribution in [0, 0.1) is 0 Å². The number of H-pyrrole nitrogens is 1. The Hall–Kier alpha value is -1.89. The highest BCUT2D eigenvalue weighted by Gasteiger charge is 2.26. The summed E-state index contributed by atoms with van der Waals surface area (Å²) < 4.78 is 1.00. The van der Waals surface area contributed by atoms with Gasteiger partial charge in [0.15, 0.2) is 0 Å². The van der Waals surface area contributed by atoms with Gasteiger partial charge in [0, 0.05) is 24.7 Å². The summed E-state index contributed by atoms with van der Waals surface area (Å²) in [5.74, 6) is -0.255. The first kappa shape index (κ1) is 14.5. The largest absolute Gasteiger partial charge is 0.395 e. The molecule has 1 saturated carbocycles. The number of hydrogen-bond donors (Lipinski definition) is 2. The van der Waals surface area contributed by atoms with E-state index >= 15 is 0 Å². The van der Waals surface area contributed by atoms with Crippen LogP contribution in [0.25, 0.3) is 0 Å². The third kappa shape index (κ3) is 3.36. The van der Waals surface area contributed by atoms with Crippen LogP contribution in [0.4, 0.5) is 0 Å². The third-order valence-electron chi connectivity index (χ3n) is 3.61. The maximum Gasteiger partial charge on any atom is 0.265 e. The summed E-state index contributed by atoms with van der Waals surface area (Å²) in [4.78, 5) is 36.7. The van der Waals surface area contributed by atoms with E-state index in [0.717, 1.165) is 42.5 Å². The van der Waals surface area contributed by atoms with Crippen LogP contribution in [0.15, 0.2) is 21.7 Å². The number of aromatic amines is 1. The van der Waals surface area contributed by atoms with Crippen LogP contribution >= 0.6 is 0 Å². The Labute approximate surface area is 115 Å². The molecule has 0 aromatic carbocycles. The van der Waals surface area contributed by atoms with Crippen LogP contribution in [0.2, 0.25) is 0 Å². The molecule has 20 heavy (non-hydrogen) atoms. The van der Waals surface area contributed by atoms with Crippen molar-refractivity contribution in [2.45, 2.75) is 38.3 Å². The highest BCUT2D eigenvalue weighted by molar-refractivity contribution is 5.76. The van der Waals surface area contributed by atoms with Gasteiger partial charge >= 0.3 is 0 Å². The van der Waals surface area contributed by atoms with Crippen molar-refractivity contribution in [3.63, 3.8) is 0 Å². The van der Waals surface area contributed by atoms with Gasteiger partial charge in [0.1, 0.15) is 6.54 Å². The third-order valence-corrected chi connectivity index (χ3v) is 3.61. The summed E-state index contributed by atoms with van der Waals surface area (Å²) in [7, 11) is 0. The summed E-state index contributed by atoms with van der Waals surface area (Å²) in [6, 6.07) is 2.39. The second-order valence-corrected chi connectivity index (χ2v) is 4.98. The first-order valence-corrected chi connectivity index (χ1v) is 6.82. The Morgan fingerprint density at radius 2 is 2.05 bits per heavy atom. The maximum atomic E-state index is 12.3. The zero-order valence-corrected chi connectivity index (χ0v) is 11.2. The van der Waals surface area contributed by atoms with E-state index in [1.165, 1.54) is 0 Å². The Bertz CT molecular complexity index is 571. The van der Waals surface area contributed by atoms with E-state index in [4.69, 9.17) is 5.11 Å². The fraction of sp³-hybridized carbons (Fsp3) is 0.615. The van der Waals surface area contributed by atoms with Gasteiger partial charge in [-0.25, -0.2) is 4.68 Å². The molecule has 110 valence electrons. The molecule has 1 heterocycles. The van der Waals surface area contributed by atoms with Gasteiger partial charge in [-0.2, -0.15) is 0 Å². The van der Waals surface area contributed by atoms with Gasteiger partial charge in [-0.1, -0.05) is 12.8 Å². The number of aromatic nitrogens is 2. The molecule has 1 amide bonds. The molecule has 1 aliphatic carbocycles. The van der Waals surface area contributed by atoms with Crippen LogP contribution in [-0.4, -0.2) is 44.9 Å². The van der Waals surface area contributed by atoms with E-state index in [0.29, 0.717) is 0 Å². The van der Waals surface area contributed by atoms with Crippen LogP contribution < -0.4 is 11.1 Å². The summed E-state index contributed by atoms with van der Waals surface area (Å²) in [5.41, 5.74) is -0.847. The monoisotopic (exact) mass is 281 g/mol. The smallest absolute Gasteiger partial charge is 0.265 e. The quantitative estimate of drug-likeness (QED) is 0.746. The van der Waals surface area contributed by atoms with Crippen molar-refractivity contribution in [1.29, 1.82) is 0 Å². The Kier molecular flexibility index (Phi) is 4.73. The van der Waals surface area contributed by atoms with E-state index < -0.39 is 11.1 Å². The number of aliphatic hydroxyl groups is 1. The molecule has 1 aromatic heterocycles. The minimum absolute atomic E-state index is 0.109. The van der Waals surface area contributed by atoms with E-state index in [-0.39, 0.29) is 31.6 Å². The summed E-state index contributed by atoms with van der Waals surface area (Å²) in [6.07, 6.45) is 3.99. The molecule has 1 fully saturated rings. The molecule has 0 atom stereocenters. The lowest BCUT2D eigenvalue weighted by Gasteiger charge is -2.28. The molecule has 0 unspecified atom stereocenters. The average molecular weight is 281 g/mol. The molecular weight excluding hydrogens is 262 g/mol. The zero-order valence-electron chi connectivity index (χ0n) is 11.2. The molecule has 0 bridgehead atoms. The van der Waals surface area contributed by atoms with Gasteiger partial charge in [-0.05, 0) is 12.8 Å². The van der Waals surface area contributed by atoms with Crippen molar-refractivity contribution < 1.29 is 9.90 Å². The number of hydrogen-bond acceptors (Lipinski definition) is 4. The fourth-order valence-corrected chi connectivity index (χ4v) is 2.64. The van der Waals surface area contributed by atoms with Gasteiger partial charge < -0.3 is 10.0 Å². The van der Waals surface area contributed by atoms with E-state index in [1.807, 2.05) is 0 Å². The first-order valence-electron chi connectivity index (χ1n) is 6.82. The van der Waals surface area contributed by atoms with Crippen molar-refractivity contribution in [3.8, 4) is 0 Å². The molecule has 7 nitrogen and oxygen atoms in total. The number of amides is 1. The zero-order chi connectivity index (χ0) is 14.5. The Morgan fingerprint density at radius 1 is 1.35 bits per heavy atom. The molecule has 0 spiro atoms. The number of rotatable bonds is 5. The Balaban J connectivity index is 2.13. The predicted octanol–water partition coefficient (Wildman–Crippen LogP) is -0.700. The molecule has 0 aliphatic heterocycles. The number of carbonyl (C=O) groups is 1. The van der Waals surface area contributed by atoms with Gasteiger partial charge in [-0.3, -0.25) is 19.5 Å². The lowest BCUT2D eigenvalue weighted by molar-refractivity contribution is -0.135. The van der Waals surface area contributed by atoms with Crippen molar-refractivity contribution in [2.24, 2.45) is 0 Å². The second-order valence-electron chi connectivity index (χ2n) is 4.98. The normalized spacial score (nSPS) is 15.4. The molecule has 0 saturated heterocycles. The second kappa shape index (κ2) is 6.51. The maximum absolute atomic E-state index is 12.3. The molecule has 2 N–H and O–H groups in total. The summed E-state index contributed by atoms with van der Waals surface area (Å²) >= 11 is 0. The van der Waals surface area contributed by atoms with Gasteiger partial charge in [0.05, 0.1) is 6.61 Å². The van der Waals surface area contributed by atoms with Crippen LogP contribution in [0.3, 0.4) is 0 Å². The molecule has 1 aliphatic rings. The summed E-state index contributed by atoms with van der Waals surface area (Å²) in [6.45, 7) is -0.0524. The molecule has 7 heteroatoms. The summed E-state index contributed by atoms with van der Waals surface area (Å²) in [5, 5.41) is 11.4. The number of nitrogens with one attached hydrogen (secondary N) is 1. The van der Waals surface area contributed by atoms with Crippen LogP contribution in [0.5, 0.6) is 0 Å². The van der Waals surface area contributed by atoms with E-state index in [2.05, 4.69) is 5.10 Å². The highest BCUT2D eigenvalue weighted by atomic mass is 16.3. The fourth-order valence-electron chi connectivity index (χ4n) is 2.64. The van der Waals surface area contributed by atoms with E-state index in [9.17, 15) is 14.4 Å². The van der Waals surface area contributed by atoms with Crippen molar-refractivity contribution >= 4 is 5.91 Å². The standard InChI is InChI=1S/C13H19N3O4/c17-8-7-15(10-3-1-2-4-10)13(20)9-16-12(19)6-5-11(18)14-16/h5-6,10,17H,1-4,7-9H2,(H,14,18). The number of nitrogens with zero attached hydrogens (tertiary/aromatic N) is 2. The van der Waals surface area contributed by atoms with E-state index in [1.54, 1.807) is 4.90 Å². The van der Waals surface area contributed by atoms with Gasteiger partial charge in [-0.15, -0.1) is 0 Å². The SMILES string of the molecule is O=C(Cn1[nH]c(=O)ccc1=O)N(CCO)C1CCCC1. The first-order chi connectivity index (χ1) is 9.61. The minimum Gasteiger partial charge on any atom is -0.395 e. The molecule has 1 aromatic rings. The lowest BCUT2D eigenvalue weighted by atomic mass is 10.2. The molecule has 2 rings (SSSR count). The van der Waals surface area contributed by atoms with Crippen LogP contribution in [0.1, 0.15) is 25.7 Å². The van der Waals surface area contributed by atoms with Crippen molar-refractivity contribution in [1.82, 2.24) is 14.7 Å². The van der Waals surface area contributed by atoms with Crippen molar-refractivity contribution in [2.75, 3.05) is 13.2 Å². The van der Waals surface area contributed by atoms with Crippen LogP contribution in [-0.2, 0) is 11.3 Å². The van der Waals surface area contributed by atoms with Crippen molar-refractivity contribution in [3.05, 3.63) is 32.8 Å². The average Bonchev–Trinajstić information content (AvgIpc) is 2.93. The molecule has 0 radical (unpaired) electrons. The van der Waals surface area contributed by atoms with Gasteiger partial charge in [0.25, 0.3) is 11.1 Å².